The molecule has 0 spiro atoms. The fraction of sp³-hybridized carbons (Fsp3) is 0.333. The fourth-order valence-electron chi connectivity index (χ4n) is 0.689. The van der Waals surface area contributed by atoms with E-state index in [4.69, 9.17) is 11.6 Å². The summed E-state index contributed by atoms with van der Waals surface area (Å²) in [5.41, 5.74) is 2.60. The Morgan fingerprint density at radius 1 is 1.23 bits per heavy atom. The molecule has 0 atom stereocenters. The number of alkyl halides is 1. The van der Waals surface area contributed by atoms with Crippen LogP contribution in [0.3, 0.4) is 0 Å². The lowest BCUT2D eigenvalue weighted by molar-refractivity contribution is 1.37. The minimum atomic E-state index is 0.641. The average molecular weight is 197 g/mol. The zero-order chi connectivity index (χ0) is 10.1. The predicted octanol–water partition coefficient (Wildman–Crippen LogP) is 4.19. The SMILES string of the molecule is CC(C)=CCCl.Cc1ccccc1. The van der Waals surface area contributed by atoms with Gasteiger partial charge in [-0.15, -0.1) is 11.6 Å². The van der Waals surface area contributed by atoms with Gasteiger partial charge in [-0.2, -0.15) is 0 Å². The van der Waals surface area contributed by atoms with Crippen molar-refractivity contribution in [1.82, 2.24) is 0 Å². The predicted molar refractivity (Wildman–Crippen MR) is 61.3 cm³/mol. The molecule has 1 aromatic carbocycles. The van der Waals surface area contributed by atoms with Crippen LogP contribution >= 0.6 is 11.6 Å². The maximum atomic E-state index is 5.32. The summed E-state index contributed by atoms with van der Waals surface area (Å²) in [6.07, 6.45) is 1.97. The van der Waals surface area contributed by atoms with Crippen LogP contribution in [0.25, 0.3) is 0 Å². The molecule has 13 heavy (non-hydrogen) atoms. The fourth-order valence-corrected chi connectivity index (χ4v) is 0.997. The highest BCUT2D eigenvalue weighted by Crippen LogP contribution is 1.92. The van der Waals surface area contributed by atoms with Gasteiger partial charge in [0.2, 0.25) is 0 Å². The lowest BCUT2D eigenvalue weighted by atomic mass is 10.2. The Kier molecular flexibility index (Phi) is 7.42. The first kappa shape index (κ1) is 12.2. The molecule has 0 nitrogen and oxygen atoms in total. The molecule has 1 rings (SSSR count). The number of hydrogen-bond acceptors (Lipinski definition) is 0. The van der Waals surface area contributed by atoms with E-state index in [-0.39, 0.29) is 0 Å². The quantitative estimate of drug-likeness (QED) is 0.467. The van der Waals surface area contributed by atoms with E-state index < -0.39 is 0 Å². The van der Waals surface area contributed by atoms with Crippen molar-refractivity contribution in [2.24, 2.45) is 0 Å². The minimum Gasteiger partial charge on any atom is -0.122 e. The second kappa shape index (κ2) is 7.88. The van der Waals surface area contributed by atoms with E-state index in [9.17, 15) is 0 Å². The van der Waals surface area contributed by atoms with Gasteiger partial charge in [0, 0.05) is 5.88 Å². The van der Waals surface area contributed by atoms with Gasteiger partial charge in [0.25, 0.3) is 0 Å². The Morgan fingerprint density at radius 2 is 1.77 bits per heavy atom. The standard InChI is InChI=1S/C7H8.C5H9Cl/c1-7-5-3-2-4-6-7;1-5(2)3-4-6/h2-6H,1H3;3H,4H2,1-2H3. The molecular formula is C12H17Cl. The Balaban J connectivity index is 0.000000226. The monoisotopic (exact) mass is 196 g/mol. The van der Waals surface area contributed by atoms with Crippen LogP contribution in [-0.4, -0.2) is 5.88 Å². The first-order valence-electron chi connectivity index (χ1n) is 4.37. The maximum Gasteiger partial charge on any atom is 0.0406 e. The van der Waals surface area contributed by atoms with E-state index in [1.807, 2.05) is 38.1 Å². The minimum absolute atomic E-state index is 0.641. The van der Waals surface area contributed by atoms with Crippen LogP contribution in [0.1, 0.15) is 19.4 Å². The van der Waals surface area contributed by atoms with E-state index in [0.717, 1.165) is 0 Å². The molecule has 0 heterocycles. The molecule has 0 N–H and O–H groups in total. The van der Waals surface area contributed by atoms with Gasteiger partial charge in [0.05, 0.1) is 0 Å². The summed E-state index contributed by atoms with van der Waals surface area (Å²) in [6, 6.07) is 10.3. The topological polar surface area (TPSA) is 0 Å². The van der Waals surface area contributed by atoms with E-state index in [2.05, 4.69) is 19.1 Å². The first-order chi connectivity index (χ1) is 6.16. The van der Waals surface area contributed by atoms with Crippen molar-refractivity contribution in [1.29, 1.82) is 0 Å². The summed E-state index contributed by atoms with van der Waals surface area (Å²) in [7, 11) is 0. The summed E-state index contributed by atoms with van der Waals surface area (Å²) >= 11 is 5.32. The number of rotatable bonds is 1. The third-order valence-corrected chi connectivity index (χ3v) is 1.58. The van der Waals surface area contributed by atoms with Crippen LogP contribution in [0.4, 0.5) is 0 Å². The molecule has 0 aliphatic rings. The van der Waals surface area contributed by atoms with Crippen LogP contribution in [0, 0.1) is 6.92 Å². The van der Waals surface area contributed by atoms with Crippen LogP contribution in [-0.2, 0) is 0 Å². The molecule has 0 bridgehead atoms. The maximum absolute atomic E-state index is 5.32. The van der Waals surface area contributed by atoms with Gasteiger partial charge in [-0.1, -0.05) is 47.5 Å². The molecule has 0 amide bonds. The summed E-state index contributed by atoms with van der Waals surface area (Å²) in [5, 5.41) is 0. The van der Waals surface area contributed by atoms with Gasteiger partial charge in [0.1, 0.15) is 0 Å². The van der Waals surface area contributed by atoms with Gasteiger partial charge in [-0.3, -0.25) is 0 Å². The molecule has 0 radical (unpaired) electrons. The highest BCUT2D eigenvalue weighted by Gasteiger charge is 1.72. The summed E-state index contributed by atoms with van der Waals surface area (Å²) in [5.74, 6) is 0.641. The van der Waals surface area contributed by atoms with Crippen molar-refractivity contribution < 1.29 is 0 Å². The van der Waals surface area contributed by atoms with Crippen molar-refractivity contribution in [3.8, 4) is 0 Å². The van der Waals surface area contributed by atoms with Gasteiger partial charge in [0.15, 0.2) is 0 Å². The third-order valence-electron chi connectivity index (χ3n) is 1.43. The smallest absolute Gasteiger partial charge is 0.0406 e. The second-order valence-electron chi connectivity index (χ2n) is 3.09. The Bertz CT molecular complexity index is 233. The van der Waals surface area contributed by atoms with Crippen molar-refractivity contribution in [3.05, 3.63) is 47.5 Å². The molecule has 0 aliphatic carbocycles. The molecular weight excluding hydrogens is 180 g/mol. The van der Waals surface area contributed by atoms with Crippen molar-refractivity contribution >= 4 is 11.6 Å². The molecule has 72 valence electrons. The molecule has 0 aromatic heterocycles. The summed E-state index contributed by atoms with van der Waals surface area (Å²) in [4.78, 5) is 0. The average Bonchev–Trinajstić information content (AvgIpc) is 2.06. The van der Waals surface area contributed by atoms with E-state index >= 15 is 0 Å². The highest BCUT2D eigenvalue weighted by atomic mass is 35.5. The third kappa shape index (κ3) is 9.16. The molecule has 0 aliphatic heterocycles. The van der Waals surface area contributed by atoms with Crippen LogP contribution in [0.2, 0.25) is 0 Å². The largest absolute Gasteiger partial charge is 0.122 e. The lowest BCUT2D eigenvalue weighted by Crippen LogP contribution is -1.62. The van der Waals surface area contributed by atoms with Crippen LogP contribution in [0.15, 0.2) is 42.0 Å². The van der Waals surface area contributed by atoms with E-state index in [0.29, 0.717) is 5.88 Å². The number of hydrogen-bond donors (Lipinski definition) is 0. The van der Waals surface area contributed by atoms with Crippen molar-refractivity contribution in [2.45, 2.75) is 20.8 Å². The zero-order valence-electron chi connectivity index (χ0n) is 8.55. The number of benzene rings is 1. The first-order valence-corrected chi connectivity index (χ1v) is 4.91. The Labute approximate surface area is 86.2 Å². The number of aryl methyl sites for hydroxylation is 1. The highest BCUT2D eigenvalue weighted by molar-refractivity contribution is 6.18. The Hall–Kier alpha value is -0.750. The summed E-state index contributed by atoms with van der Waals surface area (Å²) < 4.78 is 0. The van der Waals surface area contributed by atoms with Crippen LogP contribution in [0.5, 0.6) is 0 Å². The van der Waals surface area contributed by atoms with Gasteiger partial charge >= 0.3 is 0 Å². The number of allylic oxidation sites excluding steroid dienone is 2. The van der Waals surface area contributed by atoms with Crippen molar-refractivity contribution in [2.75, 3.05) is 5.88 Å². The van der Waals surface area contributed by atoms with Gasteiger partial charge in [-0.25, -0.2) is 0 Å². The molecule has 0 saturated carbocycles. The van der Waals surface area contributed by atoms with Gasteiger partial charge < -0.3 is 0 Å². The molecule has 1 aromatic rings. The lowest BCUT2D eigenvalue weighted by Gasteiger charge is -1.82. The summed E-state index contributed by atoms with van der Waals surface area (Å²) in [6.45, 7) is 6.14. The normalized spacial score (nSPS) is 8.31. The molecule has 0 unspecified atom stereocenters. The van der Waals surface area contributed by atoms with E-state index in [1.54, 1.807) is 0 Å². The van der Waals surface area contributed by atoms with Gasteiger partial charge in [-0.05, 0) is 20.8 Å². The Morgan fingerprint density at radius 3 is 1.92 bits per heavy atom. The zero-order valence-corrected chi connectivity index (χ0v) is 9.31. The molecule has 0 fully saturated rings. The second-order valence-corrected chi connectivity index (χ2v) is 3.40. The molecule has 0 saturated heterocycles. The van der Waals surface area contributed by atoms with E-state index in [1.165, 1.54) is 11.1 Å². The molecule has 1 heteroatoms. The van der Waals surface area contributed by atoms with Crippen molar-refractivity contribution in [3.63, 3.8) is 0 Å². The number of halogens is 1. The van der Waals surface area contributed by atoms with Crippen LogP contribution < -0.4 is 0 Å².